The minimum Gasteiger partial charge on any atom is -0.504 e. The molecule has 0 aliphatic carbocycles. The Bertz CT molecular complexity index is 1210. The number of nitrogen functional groups attached to an aromatic ring is 2. The van der Waals surface area contributed by atoms with Gasteiger partial charge in [-0.25, -0.2) is 0 Å². The topological polar surface area (TPSA) is 172 Å². The van der Waals surface area contributed by atoms with Gasteiger partial charge in [-0.2, -0.15) is 0 Å². The standard InChI is InChI=1S/C25H29N3O6/c1-2-3-8-22(30)33-15-9-10-16-20(13-15)34-19(6-4-5-7-21(28)29)23(16)24(31)14-11-17(26)25(32)18(27)12-14/h9-13,32H,2-8,26-27H2,1H3,(H2,28,29). The summed E-state index contributed by atoms with van der Waals surface area (Å²) in [6.45, 7) is 1.99. The van der Waals surface area contributed by atoms with Crippen LogP contribution in [0.5, 0.6) is 11.5 Å². The highest BCUT2D eigenvalue weighted by atomic mass is 16.5. The number of primary amides is 1. The van der Waals surface area contributed by atoms with Gasteiger partial charge in [-0.05, 0) is 43.5 Å². The Morgan fingerprint density at radius 3 is 2.35 bits per heavy atom. The van der Waals surface area contributed by atoms with E-state index in [1.165, 1.54) is 12.1 Å². The second-order valence-corrected chi connectivity index (χ2v) is 8.14. The number of rotatable bonds is 11. The van der Waals surface area contributed by atoms with Crippen molar-refractivity contribution >= 4 is 40.0 Å². The highest BCUT2D eigenvalue weighted by Gasteiger charge is 2.24. The van der Waals surface area contributed by atoms with Crippen LogP contribution in [-0.4, -0.2) is 22.8 Å². The molecule has 1 heterocycles. The van der Waals surface area contributed by atoms with Crippen LogP contribution >= 0.6 is 0 Å². The maximum absolute atomic E-state index is 13.5. The van der Waals surface area contributed by atoms with Crippen LogP contribution in [0.15, 0.2) is 34.7 Å². The zero-order chi connectivity index (χ0) is 24.8. The van der Waals surface area contributed by atoms with Crippen molar-refractivity contribution in [3.8, 4) is 11.5 Å². The number of phenolic OH excluding ortho intramolecular Hbond substituents is 1. The van der Waals surface area contributed by atoms with Crippen molar-refractivity contribution < 1.29 is 28.6 Å². The fourth-order valence-electron chi connectivity index (χ4n) is 3.66. The molecule has 1 amide bonds. The Hall–Kier alpha value is -4.01. The number of benzene rings is 2. The van der Waals surface area contributed by atoms with E-state index in [1.54, 1.807) is 18.2 Å². The number of carbonyl (C=O) groups excluding carboxylic acids is 3. The molecule has 34 heavy (non-hydrogen) atoms. The highest BCUT2D eigenvalue weighted by molar-refractivity contribution is 6.17. The van der Waals surface area contributed by atoms with Crippen molar-refractivity contribution in [3.63, 3.8) is 0 Å². The molecule has 0 saturated heterocycles. The maximum Gasteiger partial charge on any atom is 0.311 e. The summed E-state index contributed by atoms with van der Waals surface area (Å²) in [7, 11) is 0. The summed E-state index contributed by atoms with van der Waals surface area (Å²) in [5.41, 5.74) is 17.7. The number of carbonyl (C=O) groups is 3. The Labute approximate surface area is 196 Å². The lowest BCUT2D eigenvalue weighted by Crippen LogP contribution is -2.10. The van der Waals surface area contributed by atoms with Gasteiger partial charge >= 0.3 is 5.97 Å². The molecule has 0 aliphatic heterocycles. The lowest BCUT2D eigenvalue weighted by atomic mass is 9.97. The predicted octanol–water partition coefficient (Wildman–Crippen LogP) is 3.83. The van der Waals surface area contributed by atoms with Crippen LogP contribution in [-0.2, 0) is 16.0 Å². The first-order valence-corrected chi connectivity index (χ1v) is 11.2. The zero-order valence-corrected chi connectivity index (χ0v) is 19.1. The average Bonchev–Trinajstić information content (AvgIpc) is 3.15. The molecule has 0 fully saturated rings. The number of aryl methyl sites for hydroxylation is 1. The van der Waals surface area contributed by atoms with E-state index in [-0.39, 0.29) is 40.9 Å². The van der Waals surface area contributed by atoms with Gasteiger partial charge in [-0.15, -0.1) is 0 Å². The summed E-state index contributed by atoms with van der Waals surface area (Å²) < 4.78 is 11.4. The molecular weight excluding hydrogens is 438 g/mol. The number of phenols is 1. The largest absolute Gasteiger partial charge is 0.504 e. The molecule has 0 unspecified atom stereocenters. The van der Waals surface area contributed by atoms with Gasteiger partial charge in [0.15, 0.2) is 11.5 Å². The van der Waals surface area contributed by atoms with Crippen LogP contribution in [0, 0.1) is 0 Å². The Morgan fingerprint density at radius 1 is 1.00 bits per heavy atom. The van der Waals surface area contributed by atoms with Crippen molar-refractivity contribution in [2.75, 3.05) is 11.5 Å². The molecule has 0 spiro atoms. The Morgan fingerprint density at radius 2 is 1.71 bits per heavy atom. The smallest absolute Gasteiger partial charge is 0.311 e. The molecule has 9 heteroatoms. The lowest BCUT2D eigenvalue weighted by molar-refractivity contribution is -0.134. The van der Waals surface area contributed by atoms with Gasteiger partial charge in [0.25, 0.3) is 0 Å². The second-order valence-electron chi connectivity index (χ2n) is 8.14. The number of ketones is 1. The predicted molar refractivity (Wildman–Crippen MR) is 128 cm³/mol. The number of aromatic hydroxyl groups is 1. The van der Waals surface area contributed by atoms with E-state index in [0.29, 0.717) is 53.7 Å². The normalized spacial score (nSPS) is 11.0. The summed E-state index contributed by atoms with van der Waals surface area (Å²) in [5.74, 6) is -0.662. The van der Waals surface area contributed by atoms with Gasteiger partial charge in [-0.1, -0.05) is 13.3 Å². The van der Waals surface area contributed by atoms with E-state index in [2.05, 4.69) is 0 Å². The molecule has 0 radical (unpaired) electrons. The summed E-state index contributed by atoms with van der Waals surface area (Å²) in [5, 5.41) is 10.4. The summed E-state index contributed by atoms with van der Waals surface area (Å²) in [6, 6.07) is 7.55. The van der Waals surface area contributed by atoms with Gasteiger partial charge in [0.2, 0.25) is 5.91 Å². The van der Waals surface area contributed by atoms with Gasteiger partial charge < -0.3 is 31.5 Å². The molecule has 0 bridgehead atoms. The maximum atomic E-state index is 13.5. The minimum absolute atomic E-state index is 0.0135. The molecule has 2 aromatic carbocycles. The first kappa shape index (κ1) is 24.6. The van der Waals surface area contributed by atoms with Crippen molar-refractivity contribution in [3.05, 3.63) is 47.2 Å². The number of nitrogens with two attached hydrogens (primary N) is 3. The molecular formula is C25H29N3O6. The number of esters is 1. The zero-order valence-electron chi connectivity index (χ0n) is 19.1. The fraction of sp³-hybridized carbons (Fsp3) is 0.320. The SMILES string of the molecule is CCCCC(=O)Oc1ccc2c(C(=O)c3cc(N)c(O)c(N)c3)c(CCCCC(N)=O)oc2c1. The minimum atomic E-state index is -0.398. The van der Waals surface area contributed by atoms with Gasteiger partial charge in [0, 0.05) is 36.3 Å². The number of hydrogen-bond donors (Lipinski definition) is 4. The van der Waals surface area contributed by atoms with E-state index >= 15 is 0 Å². The first-order valence-electron chi connectivity index (χ1n) is 11.2. The van der Waals surface area contributed by atoms with Crippen LogP contribution in [0.25, 0.3) is 11.0 Å². The highest BCUT2D eigenvalue weighted by Crippen LogP contribution is 2.35. The second kappa shape index (κ2) is 10.7. The van der Waals surface area contributed by atoms with Crippen molar-refractivity contribution in [2.45, 2.75) is 51.9 Å². The van der Waals surface area contributed by atoms with Gasteiger partial charge in [-0.3, -0.25) is 14.4 Å². The van der Waals surface area contributed by atoms with E-state index in [4.69, 9.17) is 26.4 Å². The van der Waals surface area contributed by atoms with Crippen LogP contribution < -0.4 is 21.9 Å². The number of furan rings is 1. The van der Waals surface area contributed by atoms with Crippen molar-refractivity contribution in [1.82, 2.24) is 0 Å². The van der Waals surface area contributed by atoms with E-state index < -0.39 is 5.91 Å². The van der Waals surface area contributed by atoms with Gasteiger partial charge in [0.05, 0.1) is 16.9 Å². The fourth-order valence-corrected chi connectivity index (χ4v) is 3.66. The van der Waals surface area contributed by atoms with Crippen LogP contribution in [0.4, 0.5) is 11.4 Å². The third-order valence-corrected chi connectivity index (χ3v) is 5.44. The van der Waals surface area contributed by atoms with Crippen LogP contribution in [0.2, 0.25) is 0 Å². The Kier molecular flexibility index (Phi) is 7.78. The number of ether oxygens (including phenoxy) is 1. The third-order valence-electron chi connectivity index (χ3n) is 5.44. The average molecular weight is 468 g/mol. The quantitative estimate of drug-likeness (QED) is 0.0822. The molecule has 0 aliphatic rings. The molecule has 7 N–H and O–H groups in total. The number of anilines is 2. The summed E-state index contributed by atoms with van der Waals surface area (Å²) in [6.07, 6.45) is 3.65. The first-order chi connectivity index (χ1) is 16.2. The summed E-state index contributed by atoms with van der Waals surface area (Å²) in [4.78, 5) is 36.5. The van der Waals surface area contributed by atoms with Crippen LogP contribution in [0.1, 0.15) is 67.1 Å². The number of unbranched alkanes of at least 4 members (excludes halogenated alkanes) is 2. The molecule has 9 nitrogen and oxygen atoms in total. The van der Waals surface area contributed by atoms with Crippen molar-refractivity contribution in [1.29, 1.82) is 0 Å². The van der Waals surface area contributed by atoms with E-state index in [1.807, 2.05) is 6.92 Å². The molecule has 3 rings (SSSR count). The Balaban J connectivity index is 1.98. The third kappa shape index (κ3) is 5.67. The molecule has 1 aromatic heterocycles. The van der Waals surface area contributed by atoms with Crippen LogP contribution in [0.3, 0.4) is 0 Å². The summed E-state index contributed by atoms with van der Waals surface area (Å²) >= 11 is 0. The van der Waals surface area contributed by atoms with Gasteiger partial charge in [0.1, 0.15) is 17.1 Å². The monoisotopic (exact) mass is 467 g/mol. The molecule has 0 saturated carbocycles. The lowest BCUT2D eigenvalue weighted by Gasteiger charge is -2.08. The molecule has 0 atom stereocenters. The number of amides is 1. The van der Waals surface area contributed by atoms with E-state index in [0.717, 1.165) is 12.8 Å². The van der Waals surface area contributed by atoms with Crippen molar-refractivity contribution in [2.24, 2.45) is 5.73 Å². The van der Waals surface area contributed by atoms with E-state index in [9.17, 15) is 19.5 Å². The molecule has 3 aromatic rings. The number of fused-ring (bicyclic) bond motifs is 1. The number of hydrogen-bond acceptors (Lipinski definition) is 8. The molecule has 180 valence electrons.